The van der Waals surface area contributed by atoms with E-state index in [9.17, 15) is 14.4 Å². The normalized spacial score (nSPS) is 21.9. The summed E-state index contributed by atoms with van der Waals surface area (Å²) < 4.78 is 5.79. The Labute approximate surface area is 162 Å². The van der Waals surface area contributed by atoms with Crippen molar-refractivity contribution in [2.24, 2.45) is 0 Å². The van der Waals surface area contributed by atoms with Crippen LogP contribution in [0.2, 0.25) is 0 Å². The Bertz CT molecular complexity index is 900. The van der Waals surface area contributed by atoms with Gasteiger partial charge in [0.05, 0.1) is 30.8 Å². The Morgan fingerprint density at radius 2 is 1.82 bits per heavy atom. The lowest BCUT2D eigenvalue weighted by Gasteiger charge is -2.34. The van der Waals surface area contributed by atoms with Gasteiger partial charge < -0.3 is 20.3 Å². The zero-order chi connectivity index (χ0) is 19.5. The van der Waals surface area contributed by atoms with E-state index in [0.717, 1.165) is 5.56 Å². The largest absolute Gasteiger partial charge is 0.370 e. The lowest BCUT2D eigenvalue weighted by molar-refractivity contribution is -0.140. The molecule has 0 bridgehead atoms. The van der Waals surface area contributed by atoms with Crippen LogP contribution >= 0.6 is 0 Å². The molecule has 4 rings (SSSR count). The number of ether oxygens (including phenoxy) is 1. The zero-order valence-electron chi connectivity index (χ0n) is 15.3. The van der Waals surface area contributed by atoms with E-state index < -0.39 is 6.04 Å². The van der Waals surface area contributed by atoms with Gasteiger partial charge in [-0.15, -0.1) is 0 Å². The fraction of sp³-hybridized carbons (Fsp3) is 0.286. The van der Waals surface area contributed by atoms with Crippen LogP contribution in [0.15, 0.2) is 54.6 Å². The number of carbonyl (C=O) groups is 3. The van der Waals surface area contributed by atoms with Crippen LogP contribution in [0, 0.1) is 0 Å². The van der Waals surface area contributed by atoms with E-state index in [2.05, 4.69) is 10.6 Å². The number of hydrogen-bond donors (Lipinski definition) is 2. The number of anilines is 1. The average molecular weight is 379 g/mol. The molecule has 2 heterocycles. The van der Waals surface area contributed by atoms with Gasteiger partial charge in [0, 0.05) is 6.54 Å². The first-order valence-corrected chi connectivity index (χ1v) is 9.27. The van der Waals surface area contributed by atoms with Crippen LogP contribution in [0.4, 0.5) is 5.69 Å². The van der Waals surface area contributed by atoms with E-state index >= 15 is 0 Å². The summed E-state index contributed by atoms with van der Waals surface area (Å²) in [5, 5.41) is 5.40. The molecule has 0 saturated carbocycles. The number of benzene rings is 2. The third-order valence-corrected chi connectivity index (χ3v) is 5.02. The molecule has 28 heavy (non-hydrogen) atoms. The molecule has 2 aromatic carbocycles. The van der Waals surface area contributed by atoms with Crippen molar-refractivity contribution in [1.82, 2.24) is 10.2 Å². The number of para-hydroxylation sites is 1. The standard InChI is InChI=1S/C21H21N3O4/c25-19(24-10-11-28-18(13-24)14-6-2-1-3-7-14)12-17-21(27)22-16-9-5-4-8-15(16)20(26)23-17/h1-9,17-18H,10-13H2,(H,22,27)(H,23,26)/t17-,18+/m1/s1. The molecule has 7 nitrogen and oxygen atoms in total. The van der Waals surface area contributed by atoms with Crippen molar-refractivity contribution in [1.29, 1.82) is 0 Å². The fourth-order valence-electron chi connectivity index (χ4n) is 3.50. The minimum Gasteiger partial charge on any atom is -0.370 e. The number of amides is 3. The smallest absolute Gasteiger partial charge is 0.254 e. The first kappa shape index (κ1) is 18.2. The summed E-state index contributed by atoms with van der Waals surface area (Å²) in [6, 6.07) is 15.6. The van der Waals surface area contributed by atoms with Crippen LogP contribution in [-0.2, 0) is 14.3 Å². The summed E-state index contributed by atoms with van der Waals surface area (Å²) in [5.41, 5.74) is 1.85. The quantitative estimate of drug-likeness (QED) is 0.850. The highest BCUT2D eigenvalue weighted by atomic mass is 16.5. The van der Waals surface area contributed by atoms with Crippen molar-refractivity contribution in [3.63, 3.8) is 0 Å². The second-order valence-corrected chi connectivity index (χ2v) is 6.87. The maximum absolute atomic E-state index is 12.8. The van der Waals surface area contributed by atoms with Crippen molar-refractivity contribution in [2.45, 2.75) is 18.6 Å². The first-order valence-electron chi connectivity index (χ1n) is 9.27. The van der Waals surface area contributed by atoms with Crippen LogP contribution in [0.3, 0.4) is 0 Å². The summed E-state index contributed by atoms with van der Waals surface area (Å²) in [6.45, 7) is 1.32. The van der Waals surface area contributed by atoms with Gasteiger partial charge in [0.1, 0.15) is 12.1 Å². The van der Waals surface area contributed by atoms with Crippen LogP contribution in [0.25, 0.3) is 0 Å². The lowest BCUT2D eigenvalue weighted by Crippen LogP contribution is -2.48. The van der Waals surface area contributed by atoms with Crippen molar-refractivity contribution in [3.8, 4) is 0 Å². The van der Waals surface area contributed by atoms with Crippen LogP contribution in [-0.4, -0.2) is 48.4 Å². The molecule has 0 radical (unpaired) electrons. The second-order valence-electron chi connectivity index (χ2n) is 6.87. The molecule has 3 amide bonds. The number of hydrogen-bond acceptors (Lipinski definition) is 4. The molecule has 144 valence electrons. The molecule has 2 aliphatic heterocycles. The highest BCUT2D eigenvalue weighted by molar-refractivity contribution is 6.10. The molecule has 0 aliphatic carbocycles. The number of nitrogens with one attached hydrogen (secondary N) is 2. The van der Waals surface area contributed by atoms with Crippen molar-refractivity contribution >= 4 is 23.4 Å². The van der Waals surface area contributed by atoms with Crippen molar-refractivity contribution < 1.29 is 19.1 Å². The SMILES string of the molecule is O=C1N[C@H](CC(=O)N2CCO[C@H](c3ccccc3)C2)C(=O)Nc2ccccc21. The molecule has 0 spiro atoms. The Kier molecular flexibility index (Phi) is 5.08. The van der Waals surface area contributed by atoms with Crippen LogP contribution in [0.1, 0.15) is 28.4 Å². The summed E-state index contributed by atoms with van der Waals surface area (Å²) in [4.78, 5) is 39.4. The minimum absolute atomic E-state index is 0.0902. The Morgan fingerprint density at radius 3 is 2.64 bits per heavy atom. The van der Waals surface area contributed by atoms with Gasteiger partial charge in [-0.1, -0.05) is 42.5 Å². The van der Waals surface area contributed by atoms with Gasteiger partial charge in [0.2, 0.25) is 11.8 Å². The fourth-order valence-corrected chi connectivity index (χ4v) is 3.50. The first-order chi connectivity index (χ1) is 13.6. The van der Waals surface area contributed by atoms with E-state index in [-0.39, 0.29) is 30.2 Å². The number of carbonyl (C=O) groups excluding carboxylic acids is 3. The van der Waals surface area contributed by atoms with Crippen LogP contribution < -0.4 is 10.6 Å². The molecule has 2 N–H and O–H groups in total. The molecule has 0 aromatic heterocycles. The number of rotatable bonds is 3. The monoisotopic (exact) mass is 379 g/mol. The minimum atomic E-state index is -0.912. The van der Waals surface area contributed by atoms with Gasteiger partial charge in [-0.05, 0) is 17.7 Å². The molecule has 1 saturated heterocycles. The molecule has 2 aliphatic rings. The summed E-state index contributed by atoms with van der Waals surface area (Å²) in [6.07, 6.45) is -0.284. The molecule has 2 atom stereocenters. The van der Waals surface area contributed by atoms with Gasteiger partial charge in [0.15, 0.2) is 0 Å². The number of nitrogens with zero attached hydrogens (tertiary/aromatic N) is 1. The predicted octanol–water partition coefficient (Wildman–Crippen LogP) is 1.73. The van der Waals surface area contributed by atoms with E-state index in [1.54, 1.807) is 29.2 Å². The molecule has 2 aromatic rings. The molecule has 0 unspecified atom stereocenters. The summed E-state index contributed by atoms with van der Waals surface area (Å²) in [5.74, 6) is -0.939. The number of morpholine rings is 1. The van der Waals surface area contributed by atoms with E-state index in [0.29, 0.717) is 30.9 Å². The molecular weight excluding hydrogens is 358 g/mol. The summed E-state index contributed by atoms with van der Waals surface area (Å²) >= 11 is 0. The Balaban J connectivity index is 1.43. The molecular formula is C21H21N3O4. The zero-order valence-corrected chi connectivity index (χ0v) is 15.3. The van der Waals surface area contributed by atoms with Crippen molar-refractivity contribution in [3.05, 3.63) is 65.7 Å². The topological polar surface area (TPSA) is 87.7 Å². The molecule has 1 fully saturated rings. The maximum atomic E-state index is 12.8. The Hall–Kier alpha value is -3.19. The highest BCUT2D eigenvalue weighted by Gasteiger charge is 2.32. The molecule has 7 heteroatoms. The third-order valence-electron chi connectivity index (χ3n) is 5.02. The van der Waals surface area contributed by atoms with E-state index in [1.165, 1.54) is 0 Å². The summed E-state index contributed by atoms with van der Waals surface area (Å²) in [7, 11) is 0. The average Bonchev–Trinajstić information content (AvgIpc) is 2.85. The van der Waals surface area contributed by atoms with E-state index in [1.807, 2.05) is 30.3 Å². The predicted molar refractivity (Wildman–Crippen MR) is 103 cm³/mol. The van der Waals surface area contributed by atoms with E-state index in [4.69, 9.17) is 4.74 Å². The number of fused-ring (bicyclic) bond motifs is 1. The van der Waals surface area contributed by atoms with Gasteiger partial charge in [-0.3, -0.25) is 14.4 Å². The van der Waals surface area contributed by atoms with Crippen molar-refractivity contribution in [2.75, 3.05) is 25.0 Å². The van der Waals surface area contributed by atoms with Gasteiger partial charge in [-0.25, -0.2) is 0 Å². The maximum Gasteiger partial charge on any atom is 0.254 e. The highest BCUT2D eigenvalue weighted by Crippen LogP contribution is 2.23. The van der Waals surface area contributed by atoms with Gasteiger partial charge in [-0.2, -0.15) is 0 Å². The lowest BCUT2D eigenvalue weighted by atomic mass is 10.1. The van der Waals surface area contributed by atoms with Gasteiger partial charge in [0.25, 0.3) is 5.91 Å². The third kappa shape index (κ3) is 3.75. The van der Waals surface area contributed by atoms with Gasteiger partial charge >= 0.3 is 0 Å². The van der Waals surface area contributed by atoms with Crippen LogP contribution in [0.5, 0.6) is 0 Å². The second kappa shape index (κ2) is 7.82. The Morgan fingerprint density at radius 1 is 1.07 bits per heavy atom.